The number of allylic oxidation sites excluding steroid dienone is 1. The monoisotopic (exact) mass is 382 g/mol. The summed E-state index contributed by atoms with van der Waals surface area (Å²) in [4.78, 5) is 0. The lowest BCUT2D eigenvalue weighted by atomic mass is 9.47. The molecule has 0 radical (unpaired) electrons. The van der Waals surface area contributed by atoms with Crippen molar-refractivity contribution < 1.29 is 5.11 Å². The molecule has 8 atom stereocenters. The molecule has 3 fully saturated rings. The van der Waals surface area contributed by atoms with Gasteiger partial charge in [0.05, 0.1) is 6.10 Å². The first-order valence-corrected chi connectivity index (χ1v) is 12.1. The Balaban J connectivity index is 1.53. The summed E-state index contributed by atoms with van der Waals surface area (Å²) in [5.41, 5.74) is 2.49. The molecule has 0 aromatic rings. The third-order valence-electron chi connectivity index (χ3n) is 9.65. The summed E-state index contributed by atoms with van der Waals surface area (Å²) in [7, 11) is 0. The highest BCUT2D eigenvalue weighted by atomic mass is 16.3. The van der Waals surface area contributed by atoms with E-state index in [0.717, 1.165) is 48.9 Å². The van der Waals surface area contributed by atoms with Crippen molar-refractivity contribution >= 4 is 0 Å². The number of aliphatic hydroxyl groups excluding tert-OH is 1. The highest BCUT2D eigenvalue weighted by Gasteiger charge is 2.59. The van der Waals surface area contributed by atoms with Crippen molar-refractivity contribution in [3.05, 3.63) is 11.6 Å². The standard InChI is InChI=1S/C27H42O/c1-18(2)7-6-8-19(3)23-11-12-24-22-10-9-20-17-21(28)13-15-26(20,4)25(22)14-16-27(23,24)5/h9,18-19,21-25,28H,8,10-17H2,1-5H3. The minimum absolute atomic E-state index is 0.0895. The van der Waals surface area contributed by atoms with Gasteiger partial charge in [-0.05, 0) is 91.8 Å². The fourth-order valence-electron chi connectivity index (χ4n) is 8.18. The van der Waals surface area contributed by atoms with Crippen LogP contribution < -0.4 is 0 Å². The summed E-state index contributed by atoms with van der Waals surface area (Å²) in [5, 5.41) is 10.2. The molecule has 28 heavy (non-hydrogen) atoms. The topological polar surface area (TPSA) is 20.2 Å². The molecule has 3 saturated carbocycles. The Kier molecular flexibility index (Phi) is 5.50. The number of aliphatic hydroxyl groups is 1. The highest BCUT2D eigenvalue weighted by Crippen LogP contribution is 2.67. The van der Waals surface area contributed by atoms with Crippen LogP contribution in [-0.2, 0) is 0 Å². The summed E-state index contributed by atoms with van der Waals surface area (Å²) >= 11 is 0. The van der Waals surface area contributed by atoms with Gasteiger partial charge in [0, 0.05) is 12.3 Å². The average Bonchev–Trinajstić information content (AvgIpc) is 2.99. The SMILES string of the molecule is CC(C)C#CCC(C)C1CCC2C3CC=C4CC(O)CCC4(C)C3CCC12C. The Morgan fingerprint density at radius 2 is 1.86 bits per heavy atom. The van der Waals surface area contributed by atoms with Crippen molar-refractivity contribution in [3.63, 3.8) is 0 Å². The predicted molar refractivity (Wildman–Crippen MR) is 118 cm³/mol. The van der Waals surface area contributed by atoms with Gasteiger partial charge in [-0.2, -0.15) is 0 Å². The van der Waals surface area contributed by atoms with E-state index in [1.54, 1.807) is 5.57 Å². The highest BCUT2D eigenvalue weighted by molar-refractivity contribution is 5.25. The molecule has 0 aliphatic heterocycles. The third kappa shape index (κ3) is 3.29. The van der Waals surface area contributed by atoms with Crippen molar-refractivity contribution in [3.8, 4) is 11.8 Å². The smallest absolute Gasteiger partial charge is 0.0577 e. The largest absolute Gasteiger partial charge is 0.393 e. The first-order chi connectivity index (χ1) is 13.3. The summed E-state index contributed by atoms with van der Waals surface area (Å²) in [6.45, 7) is 12.1. The lowest BCUT2D eigenvalue weighted by molar-refractivity contribution is -0.0563. The van der Waals surface area contributed by atoms with E-state index >= 15 is 0 Å². The van der Waals surface area contributed by atoms with Gasteiger partial charge in [0.2, 0.25) is 0 Å². The molecule has 0 spiro atoms. The van der Waals surface area contributed by atoms with Crippen LogP contribution >= 0.6 is 0 Å². The fourth-order valence-corrected chi connectivity index (χ4v) is 8.18. The van der Waals surface area contributed by atoms with Crippen LogP contribution in [0.4, 0.5) is 0 Å². The molecular formula is C27H42O. The Bertz CT molecular complexity index is 678. The van der Waals surface area contributed by atoms with Gasteiger partial charge in [0.1, 0.15) is 0 Å². The quantitative estimate of drug-likeness (QED) is 0.421. The molecule has 0 heterocycles. The molecule has 0 aromatic carbocycles. The van der Waals surface area contributed by atoms with Crippen LogP contribution in [0.2, 0.25) is 0 Å². The molecule has 4 aliphatic carbocycles. The van der Waals surface area contributed by atoms with Crippen LogP contribution in [0.25, 0.3) is 0 Å². The van der Waals surface area contributed by atoms with Crippen LogP contribution in [-0.4, -0.2) is 11.2 Å². The number of fused-ring (bicyclic) bond motifs is 5. The molecule has 0 aromatic heterocycles. The number of hydrogen-bond acceptors (Lipinski definition) is 1. The van der Waals surface area contributed by atoms with Crippen LogP contribution in [0, 0.1) is 58.2 Å². The Morgan fingerprint density at radius 1 is 1.07 bits per heavy atom. The second kappa shape index (κ2) is 7.50. The van der Waals surface area contributed by atoms with Crippen molar-refractivity contribution in [1.82, 2.24) is 0 Å². The minimum Gasteiger partial charge on any atom is -0.393 e. The van der Waals surface area contributed by atoms with E-state index < -0.39 is 0 Å². The van der Waals surface area contributed by atoms with Crippen molar-refractivity contribution in [2.24, 2.45) is 46.3 Å². The van der Waals surface area contributed by atoms with Gasteiger partial charge < -0.3 is 5.11 Å². The van der Waals surface area contributed by atoms with E-state index in [1.165, 1.54) is 38.5 Å². The first-order valence-electron chi connectivity index (χ1n) is 12.1. The van der Waals surface area contributed by atoms with E-state index in [2.05, 4.69) is 52.5 Å². The van der Waals surface area contributed by atoms with Crippen LogP contribution in [0.3, 0.4) is 0 Å². The van der Waals surface area contributed by atoms with Crippen molar-refractivity contribution in [2.45, 2.75) is 98.5 Å². The molecule has 0 bridgehead atoms. The second-order valence-corrected chi connectivity index (χ2v) is 11.5. The lowest BCUT2D eigenvalue weighted by Crippen LogP contribution is -2.50. The van der Waals surface area contributed by atoms with E-state index in [0.29, 0.717) is 16.7 Å². The molecule has 0 amide bonds. The van der Waals surface area contributed by atoms with E-state index in [4.69, 9.17) is 0 Å². The molecular weight excluding hydrogens is 340 g/mol. The van der Waals surface area contributed by atoms with Crippen LogP contribution in [0.1, 0.15) is 92.4 Å². The Morgan fingerprint density at radius 3 is 2.61 bits per heavy atom. The minimum atomic E-state index is -0.0895. The van der Waals surface area contributed by atoms with Gasteiger partial charge in [-0.1, -0.05) is 46.3 Å². The molecule has 4 aliphatic rings. The fraction of sp³-hybridized carbons (Fsp3) is 0.852. The van der Waals surface area contributed by atoms with E-state index in [1.807, 2.05) is 0 Å². The van der Waals surface area contributed by atoms with E-state index in [9.17, 15) is 5.11 Å². The van der Waals surface area contributed by atoms with Gasteiger partial charge >= 0.3 is 0 Å². The maximum atomic E-state index is 10.2. The van der Waals surface area contributed by atoms with Crippen LogP contribution in [0.15, 0.2) is 11.6 Å². The summed E-state index contributed by atoms with van der Waals surface area (Å²) in [6, 6.07) is 0. The number of hydrogen-bond donors (Lipinski definition) is 1. The summed E-state index contributed by atoms with van der Waals surface area (Å²) < 4.78 is 0. The molecule has 8 unspecified atom stereocenters. The van der Waals surface area contributed by atoms with Crippen molar-refractivity contribution in [2.75, 3.05) is 0 Å². The zero-order valence-electron chi connectivity index (χ0n) is 18.9. The van der Waals surface area contributed by atoms with Gasteiger partial charge in [-0.3, -0.25) is 0 Å². The molecule has 1 nitrogen and oxygen atoms in total. The summed E-state index contributed by atoms with van der Waals surface area (Å²) in [6.07, 6.45) is 13.7. The molecule has 1 heteroatoms. The normalized spacial score (nSPS) is 46.0. The van der Waals surface area contributed by atoms with Crippen molar-refractivity contribution in [1.29, 1.82) is 0 Å². The van der Waals surface area contributed by atoms with Gasteiger partial charge in [0.15, 0.2) is 0 Å². The molecule has 156 valence electrons. The third-order valence-corrected chi connectivity index (χ3v) is 9.65. The zero-order chi connectivity index (χ0) is 20.1. The van der Waals surface area contributed by atoms with Crippen LogP contribution in [0.5, 0.6) is 0 Å². The Labute approximate surface area is 173 Å². The van der Waals surface area contributed by atoms with Gasteiger partial charge in [-0.25, -0.2) is 0 Å². The maximum Gasteiger partial charge on any atom is 0.0577 e. The summed E-state index contributed by atoms with van der Waals surface area (Å²) in [5.74, 6) is 11.6. The van der Waals surface area contributed by atoms with Gasteiger partial charge in [-0.15, -0.1) is 11.8 Å². The predicted octanol–water partition coefficient (Wildman–Crippen LogP) is 6.61. The van der Waals surface area contributed by atoms with E-state index in [-0.39, 0.29) is 6.10 Å². The zero-order valence-corrected chi connectivity index (χ0v) is 18.9. The Hall–Kier alpha value is -0.740. The second-order valence-electron chi connectivity index (χ2n) is 11.5. The molecule has 0 saturated heterocycles. The first kappa shape index (κ1) is 20.5. The molecule has 1 N–H and O–H groups in total. The lowest BCUT2D eigenvalue weighted by Gasteiger charge is -2.58. The average molecular weight is 383 g/mol. The molecule has 4 rings (SSSR count). The maximum absolute atomic E-state index is 10.2. The number of rotatable bonds is 2. The van der Waals surface area contributed by atoms with Gasteiger partial charge in [0.25, 0.3) is 0 Å².